The highest BCUT2D eigenvalue weighted by Gasteiger charge is 2.21. The molecule has 9 aromatic carbocycles. The fourth-order valence-corrected chi connectivity index (χ4v) is 8.93. The van der Waals surface area contributed by atoms with E-state index in [1.165, 1.54) is 44.8 Å². The number of benzene rings is 9. The number of para-hydroxylation sites is 2. The number of hydrogen-bond donors (Lipinski definition) is 0. The second kappa shape index (κ2) is 18.0. The highest BCUT2D eigenvalue weighted by Crippen LogP contribution is 2.45. The molecule has 0 unspecified atom stereocenters. The van der Waals surface area contributed by atoms with Crippen LogP contribution in [0.5, 0.6) is 0 Å². The molecule has 9 aromatic rings. The lowest BCUT2D eigenvalue weighted by atomic mass is 9.94. The number of allylic oxidation sites excluding steroid dienone is 3. The molecule has 0 atom stereocenters. The lowest BCUT2D eigenvalue weighted by molar-refractivity contribution is 0.996. The highest BCUT2D eigenvalue weighted by molar-refractivity contribution is 5.92. The molecule has 10 rings (SSSR count). The molecule has 0 saturated carbocycles. The molecule has 0 spiro atoms. The first-order chi connectivity index (χ1) is 31.2. The van der Waals surface area contributed by atoms with Gasteiger partial charge < -0.3 is 9.80 Å². The van der Waals surface area contributed by atoms with Crippen molar-refractivity contribution in [1.82, 2.24) is 0 Å². The number of nitrogens with zero attached hydrogens (tertiary/aromatic N) is 2. The first kappa shape index (κ1) is 39.2. The fraction of sp³-hybridized carbons (Fsp3) is 0.0492. The maximum Gasteiger partial charge on any atom is 0.0540 e. The Morgan fingerprint density at radius 2 is 0.794 bits per heavy atom. The van der Waals surface area contributed by atoms with E-state index in [1.807, 2.05) is 0 Å². The fourth-order valence-electron chi connectivity index (χ4n) is 8.93. The van der Waals surface area contributed by atoms with Gasteiger partial charge in [0.15, 0.2) is 0 Å². The van der Waals surface area contributed by atoms with Crippen molar-refractivity contribution in [2.75, 3.05) is 9.80 Å². The second-order valence-corrected chi connectivity index (χ2v) is 16.1. The summed E-state index contributed by atoms with van der Waals surface area (Å²) in [6, 6.07) is 83.4. The molecular formula is C61H48N2. The predicted octanol–water partition coefficient (Wildman–Crippen LogP) is 17.2. The third-order valence-corrected chi connectivity index (χ3v) is 12.0. The summed E-state index contributed by atoms with van der Waals surface area (Å²) in [4.78, 5) is 4.84. The van der Waals surface area contributed by atoms with Crippen molar-refractivity contribution in [3.05, 3.63) is 260 Å². The van der Waals surface area contributed by atoms with Crippen LogP contribution in [0.15, 0.2) is 254 Å². The Hall–Kier alpha value is -7.94. The molecule has 0 aromatic heterocycles. The van der Waals surface area contributed by atoms with Crippen molar-refractivity contribution >= 4 is 28.4 Å². The molecule has 1 aliphatic carbocycles. The Balaban J connectivity index is 1.11. The van der Waals surface area contributed by atoms with Gasteiger partial charge in [0.05, 0.1) is 5.69 Å². The van der Waals surface area contributed by atoms with Crippen LogP contribution in [0, 0.1) is 6.92 Å². The highest BCUT2D eigenvalue weighted by atomic mass is 15.2. The molecule has 0 saturated heterocycles. The molecule has 0 fully saturated rings. The van der Waals surface area contributed by atoms with Crippen LogP contribution >= 0.6 is 0 Å². The van der Waals surface area contributed by atoms with Crippen molar-refractivity contribution in [3.8, 4) is 55.6 Å². The van der Waals surface area contributed by atoms with Gasteiger partial charge >= 0.3 is 0 Å². The van der Waals surface area contributed by atoms with Gasteiger partial charge in [0.2, 0.25) is 0 Å². The molecule has 0 heterocycles. The van der Waals surface area contributed by atoms with Crippen LogP contribution < -0.4 is 9.80 Å². The molecular weight excluding hydrogens is 761 g/mol. The summed E-state index contributed by atoms with van der Waals surface area (Å²) in [5.74, 6) is 0. The molecule has 0 amide bonds. The minimum absolute atomic E-state index is 1.04. The zero-order valence-electron chi connectivity index (χ0n) is 35.5. The average molecular weight is 809 g/mol. The molecule has 0 bridgehead atoms. The number of anilines is 5. The van der Waals surface area contributed by atoms with Crippen LogP contribution in [0.3, 0.4) is 0 Å². The van der Waals surface area contributed by atoms with Crippen molar-refractivity contribution in [2.24, 2.45) is 0 Å². The third kappa shape index (κ3) is 8.28. The summed E-state index contributed by atoms with van der Waals surface area (Å²) in [6.07, 6.45) is 9.01. The van der Waals surface area contributed by atoms with Gasteiger partial charge in [-0.25, -0.2) is 0 Å². The molecule has 2 nitrogen and oxygen atoms in total. The van der Waals surface area contributed by atoms with Crippen molar-refractivity contribution in [2.45, 2.75) is 19.8 Å². The van der Waals surface area contributed by atoms with Crippen LogP contribution in [0.2, 0.25) is 0 Å². The predicted molar refractivity (Wildman–Crippen MR) is 268 cm³/mol. The smallest absolute Gasteiger partial charge is 0.0540 e. The van der Waals surface area contributed by atoms with Crippen molar-refractivity contribution in [1.29, 1.82) is 0 Å². The minimum Gasteiger partial charge on any atom is -0.311 e. The van der Waals surface area contributed by atoms with Crippen LogP contribution in [-0.4, -0.2) is 0 Å². The molecule has 0 aliphatic heterocycles. The maximum atomic E-state index is 2.44. The van der Waals surface area contributed by atoms with E-state index in [2.05, 4.69) is 265 Å². The van der Waals surface area contributed by atoms with Crippen LogP contribution in [0.4, 0.5) is 28.4 Å². The molecule has 0 radical (unpaired) electrons. The van der Waals surface area contributed by atoms with E-state index in [9.17, 15) is 0 Å². The summed E-state index contributed by atoms with van der Waals surface area (Å²) in [5.41, 5.74) is 19.8. The van der Waals surface area contributed by atoms with Gasteiger partial charge in [0, 0.05) is 34.0 Å². The maximum absolute atomic E-state index is 2.44. The van der Waals surface area contributed by atoms with Crippen molar-refractivity contribution in [3.63, 3.8) is 0 Å². The number of rotatable bonds is 11. The van der Waals surface area contributed by atoms with Crippen LogP contribution in [0.25, 0.3) is 55.6 Å². The van der Waals surface area contributed by atoms with E-state index in [0.717, 1.165) is 63.4 Å². The summed E-state index contributed by atoms with van der Waals surface area (Å²) >= 11 is 0. The summed E-state index contributed by atoms with van der Waals surface area (Å²) in [6.45, 7) is 2.26. The second-order valence-electron chi connectivity index (χ2n) is 16.1. The van der Waals surface area contributed by atoms with E-state index in [0.29, 0.717) is 0 Å². The normalized spacial score (nSPS) is 12.1. The Morgan fingerprint density at radius 1 is 0.317 bits per heavy atom. The SMILES string of the molecule is Cc1c(-c2cccc(-c3cccc(N(c4cc(-c5ccccc5)cc(-c5ccccc5)c4)c4ccccc4-c4ccccc4)c3)c2)cccc1N(C1=CCCC=C1)c1ccccc1. The van der Waals surface area contributed by atoms with Gasteiger partial charge in [0.1, 0.15) is 0 Å². The lowest BCUT2D eigenvalue weighted by Crippen LogP contribution is -2.17. The van der Waals surface area contributed by atoms with Gasteiger partial charge in [-0.05, 0) is 142 Å². The molecule has 0 N–H and O–H groups in total. The largest absolute Gasteiger partial charge is 0.311 e. The standard InChI is InChI=1S/C61H48N2/c1-45-58(37-21-39-60(45)62(54-31-13-5-14-32-54)55-33-15-6-16-34-55)51-30-19-28-49(40-51)50-29-20-35-56(42-50)63(61-38-18-17-36-59(61)48-26-11-4-12-27-48)57-43-52(46-22-7-2-8-23-46)41-53(44-57)47-24-9-3-10-25-47/h2-5,7-15,17-44H,6,16H2,1H3. The Bertz CT molecular complexity index is 3000. The molecule has 2 heteroatoms. The van der Waals surface area contributed by atoms with Crippen LogP contribution in [0.1, 0.15) is 18.4 Å². The molecule has 1 aliphatic rings. The summed E-state index contributed by atoms with van der Waals surface area (Å²) < 4.78 is 0. The Labute approximate surface area is 372 Å². The van der Waals surface area contributed by atoms with Gasteiger partial charge in [-0.1, -0.05) is 182 Å². The van der Waals surface area contributed by atoms with E-state index in [-0.39, 0.29) is 0 Å². The van der Waals surface area contributed by atoms with Crippen LogP contribution in [-0.2, 0) is 0 Å². The molecule has 63 heavy (non-hydrogen) atoms. The quantitative estimate of drug-likeness (QED) is 0.128. The van der Waals surface area contributed by atoms with E-state index in [4.69, 9.17) is 0 Å². The first-order valence-corrected chi connectivity index (χ1v) is 21.9. The Morgan fingerprint density at radius 3 is 1.46 bits per heavy atom. The zero-order valence-corrected chi connectivity index (χ0v) is 35.5. The Kier molecular flexibility index (Phi) is 11.2. The number of hydrogen-bond acceptors (Lipinski definition) is 2. The van der Waals surface area contributed by atoms with E-state index in [1.54, 1.807) is 0 Å². The third-order valence-electron chi connectivity index (χ3n) is 12.0. The van der Waals surface area contributed by atoms with E-state index < -0.39 is 0 Å². The van der Waals surface area contributed by atoms with Crippen molar-refractivity contribution < 1.29 is 0 Å². The van der Waals surface area contributed by atoms with Gasteiger partial charge in [-0.15, -0.1) is 0 Å². The average Bonchev–Trinajstić information content (AvgIpc) is 3.36. The van der Waals surface area contributed by atoms with E-state index >= 15 is 0 Å². The zero-order chi connectivity index (χ0) is 42.4. The summed E-state index contributed by atoms with van der Waals surface area (Å²) in [5, 5.41) is 0. The summed E-state index contributed by atoms with van der Waals surface area (Å²) in [7, 11) is 0. The topological polar surface area (TPSA) is 6.48 Å². The first-order valence-electron chi connectivity index (χ1n) is 21.9. The van der Waals surface area contributed by atoms with Gasteiger partial charge in [-0.3, -0.25) is 0 Å². The van der Waals surface area contributed by atoms with Gasteiger partial charge in [0.25, 0.3) is 0 Å². The minimum atomic E-state index is 1.04. The monoisotopic (exact) mass is 808 g/mol. The van der Waals surface area contributed by atoms with Gasteiger partial charge in [-0.2, -0.15) is 0 Å². The molecule has 302 valence electrons. The lowest BCUT2D eigenvalue weighted by Gasteiger charge is -2.30.